The quantitative estimate of drug-likeness (QED) is 0.604. The predicted molar refractivity (Wildman–Crippen MR) is 101 cm³/mol. The van der Waals surface area contributed by atoms with Gasteiger partial charge in [0.25, 0.3) is 0 Å². The molecule has 0 fully saturated rings. The van der Waals surface area contributed by atoms with Crippen LogP contribution in [0.25, 0.3) is 0 Å². The number of benzene rings is 1. The number of alkyl halides is 3. The van der Waals surface area contributed by atoms with E-state index in [0.29, 0.717) is 17.9 Å². The molecule has 0 aliphatic rings. The minimum atomic E-state index is -4.50. The Bertz CT molecular complexity index is 963. The number of anilines is 1. The van der Waals surface area contributed by atoms with Crippen molar-refractivity contribution in [1.29, 1.82) is 0 Å². The van der Waals surface area contributed by atoms with Crippen LogP contribution in [0.1, 0.15) is 23.4 Å². The van der Waals surface area contributed by atoms with Crippen molar-refractivity contribution in [2.75, 3.05) is 5.32 Å². The van der Waals surface area contributed by atoms with Gasteiger partial charge in [0, 0.05) is 29.3 Å². The molecule has 0 spiro atoms. The number of carbonyl (C=O) groups excluding carboxylic acids is 1. The lowest BCUT2D eigenvalue weighted by Crippen LogP contribution is -2.16. The second kappa shape index (κ2) is 8.17. The summed E-state index contributed by atoms with van der Waals surface area (Å²) in [5.41, 5.74) is 0.969. The Hall–Kier alpha value is -2.62. The fourth-order valence-corrected chi connectivity index (χ4v) is 2.86. The SMILES string of the molecule is Cc1cc(C(F)(F)F)nn1CCC(=O)Nc1cnn(Cc2ccc(Br)cc2)c1. The second-order valence-electron chi connectivity index (χ2n) is 6.24. The zero-order valence-electron chi connectivity index (χ0n) is 14.9. The summed E-state index contributed by atoms with van der Waals surface area (Å²) in [7, 11) is 0. The van der Waals surface area contributed by atoms with E-state index in [1.807, 2.05) is 24.3 Å². The van der Waals surface area contributed by atoms with Crippen LogP contribution in [0, 0.1) is 6.92 Å². The number of halogens is 4. The average molecular weight is 456 g/mol. The largest absolute Gasteiger partial charge is 0.435 e. The van der Waals surface area contributed by atoms with Crippen LogP contribution >= 0.6 is 15.9 Å². The monoisotopic (exact) mass is 455 g/mol. The predicted octanol–water partition coefficient (Wildman–Crippen LogP) is 4.25. The Morgan fingerprint density at radius 1 is 1.25 bits per heavy atom. The van der Waals surface area contributed by atoms with E-state index in [4.69, 9.17) is 0 Å². The van der Waals surface area contributed by atoms with Gasteiger partial charge in [-0.3, -0.25) is 14.2 Å². The van der Waals surface area contributed by atoms with Crippen LogP contribution in [0.15, 0.2) is 47.2 Å². The third-order valence-electron chi connectivity index (χ3n) is 4.00. The molecule has 2 heterocycles. The van der Waals surface area contributed by atoms with Crippen molar-refractivity contribution in [2.24, 2.45) is 0 Å². The molecule has 3 rings (SSSR count). The molecule has 1 amide bonds. The van der Waals surface area contributed by atoms with Gasteiger partial charge in [0.15, 0.2) is 5.69 Å². The van der Waals surface area contributed by atoms with Gasteiger partial charge in [-0.1, -0.05) is 28.1 Å². The highest BCUT2D eigenvalue weighted by molar-refractivity contribution is 9.10. The lowest BCUT2D eigenvalue weighted by atomic mass is 10.2. The number of amides is 1. The highest BCUT2D eigenvalue weighted by atomic mass is 79.9. The first kappa shape index (κ1) is 20.1. The molecule has 0 unspecified atom stereocenters. The van der Waals surface area contributed by atoms with E-state index in [-0.39, 0.29) is 18.9 Å². The number of nitrogens with zero attached hydrogens (tertiary/aromatic N) is 4. The van der Waals surface area contributed by atoms with E-state index < -0.39 is 11.9 Å². The molecule has 1 aromatic carbocycles. The Kier molecular flexibility index (Phi) is 5.87. The summed E-state index contributed by atoms with van der Waals surface area (Å²) in [5.74, 6) is -0.327. The number of hydrogen-bond acceptors (Lipinski definition) is 3. The van der Waals surface area contributed by atoms with Gasteiger partial charge in [-0.15, -0.1) is 0 Å². The van der Waals surface area contributed by atoms with Gasteiger partial charge in [-0.2, -0.15) is 23.4 Å². The molecular weight excluding hydrogens is 439 g/mol. The van der Waals surface area contributed by atoms with Crippen LogP contribution in [0.3, 0.4) is 0 Å². The van der Waals surface area contributed by atoms with E-state index in [1.165, 1.54) is 17.8 Å². The summed E-state index contributed by atoms with van der Waals surface area (Å²) >= 11 is 3.38. The molecule has 6 nitrogen and oxygen atoms in total. The minimum absolute atomic E-state index is 0.00227. The van der Waals surface area contributed by atoms with E-state index in [0.717, 1.165) is 16.1 Å². The molecule has 0 radical (unpaired) electrons. The number of aromatic nitrogens is 4. The van der Waals surface area contributed by atoms with E-state index in [9.17, 15) is 18.0 Å². The second-order valence-corrected chi connectivity index (χ2v) is 7.16. The van der Waals surface area contributed by atoms with Gasteiger partial charge < -0.3 is 5.32 Å². The Balaban J connectivity index is 1.53. The highest BCUT2D eigenvalue weighted by Crippen LogP contribution is 2.28. The molecule has 148 valence electrons. The zero-order chi connectivity index (χ0) is 20.3. The summed E-state index contributed by atoms with van der Waals surface area (Å²) in [4.78, 5) is 12.1. The summed E-state index contributed by atoms with van der Waals surface area (Å²) in [6, 6.07) is 8.76. The third kappa shape index (κ3) is 5.22. The van der Waals surface area contributed by atoms with Crippen molar-refractivity contribution in [2.45, 2.75) is 32.6 Å². The van der Waals surface area contributed by atoms with Crippen LogP contribution in [-0.4, -0.2) is 25.5 Å². The van der Waals surface area contributed by atoms with Gasteiger partial charge in [0.1, 0.15) is 0 Å². The van der Waals surface area contributed by atoms with E-state index in [1.54, 1.807) is 10.9 Å². The van der Waals surface area contributed by atoms with E-state index in [2.05, 4.69) is 31.4 Å². The molecule has 0 bridgehead atoms. The number of rotatable bonds is 6. The van der Waals surface area contributed by atoms with Gasteiger partial charge in [-0.05, 0) is 30.7 Å². The summed E-state index contributed by atoms with van der Waals surface area (Å²) in [6.45, 7) is 2.13. The number of carbonyl (C=O) groups is 1. The maximum Gasteiger partial charge on any atom is 0.435 e. The molecular formula is C18H17BrF3N5O. The fraction of sp³-hybridized carbons (Fsp3) is 0.278. The van der Waals surface area contributed by atoms with E-state index >= 15 is 0 Å². The minimum Gasteiger partial charge on any atom is -0.323 e. The summed E-state index contributed by atoms with van der Waals surface area (Å²) < 4.78 is 41.9. The van der Waals surface area contributed by atoms with Gasteiger partial charge >= 0.3 is 6.18 Å². The van der Waals surface area contributed by atoms with Crippen molar-refractivity contribution in [3.63, 3.8) is 0 Å². The van der Waals surface area contributed by atoms with Crippen LogP contribution < -0.4 is 5.32 Å². The van der Waals surface area contributed by atoms with Crippen molar-refractivity contribution >= 4 is 27.5 Å². The third-order valence-corrected chi connectivity index (χ3v) is 4.53. The smallest absolute Gasteiger partial charge is 0.323 e. The van der Waals surface area contributed by atoms with Crippen LogP contribution in [0.2, 0.25) is 0 Å². The first-order valence-corrected chi connectivity index (χ1v) is 9.18. The Morgan fingerprint density at radius 2 is 1.96 bits per heavy atom. The molecule has 0 aliphatic heterocycles. The fourth-order valence-electron chi connectivity index (χ4n) is 2.60. The Morgan fingerprint density at radius 3 is 2.61 bits per heavy atom. The number of nitrogens with one attached hydrogen (secondary N) is 1. The highest BCUT2D eigenvalue weighted by Gasteiger charge is 2.34. The molecule has 0 saturated carbocycles. The van der Waals surface area contributed by atoms with Crippen molar-refractivity contribution in [3.8, 4) is 0 Å². The molecule has 10 heteroatoms. The first-order chi connectivity index (χ1) is 13.2. The molecule has 2 aromatic heterocycles. The average Bonchev–Trinajstić information content (AvgIpc) is 3.21. The van der Waals surface area contributed by atoms with Crippen LogP contribution in [0.4, 0.5) is 18.9 Å². The normalized spacial score (nSPS) is 11.6. The topological polar surface area (TPSA) is 64.7 Å². The Labute approximate surface area is 167 Å². The van der Waals surface area contributed by atoms with Gasteiger partial charge in [0.05, 0.1) is 18.4 Å². The summed E-state index contributed by atoms with van der Waals surface area (Å²) in [6.07, 6.45) is -1.28. The van der Waals surface area contributed by atoms with Gasteiger partial charge in [-0.25, -0.2) is 0 Å². The summed E-state index contributed by atoms with van der Waals surface area (Å²) in [5, 5.41) is 10.4. The molecule has 1 N–H and O–H groups in total. The maximum atomic E-state index is 12.7. The van der Waals surface area contributed by atoms with Crippen molar-refractivity contribution < 1.29 is 18.0 Å². The molecule has 0 aliphatic carbocycles. The first-order valence-electron chi connectivity index (χ1n) is 8.39. The van der Waals surface area contributed by atoms with Crippen LogP contribution in [-0.2, 0) is 24.1 Å². The number of aryl methyl sites for hydroxylation is 2. The lowest BCUT2D eigenvalue weighted by molar-refractivity contribution is -0.141. The van der Waals surface area contributed by atoms with Crippen LogP contribution in [0.5, 0.6) is 0 Å². The maximum absolute atomic E-state index is 12.7. The molecule has 0 atom stereocenters. The van der Waals surface area contributed by atoms with Gasteiger partial charge in [0.2, 0.25) is 5.91 Å². The lowest BCUT2D eigenvalue weighted by Gasteiger charge is -2.05. The van der Waals surface area contributed by atoms with Crippen molar-refractivity contribution in [1.82, 2.24) is 19.6 Å². The van der Waals surface area contributed by atoms with Crippen molar-refractivity contribution in [3.05, 3.63) is 64.1 Å². The zero-order valence-corrected chi connectivity index (χ0v) is 16.5. The standard InChI is InChI=1S/C18H17BrF3N5O/c1-12-8-16(18(20,21)22)25-27(12)7-6-17(28)24-15-9-23-26(11-15)10-13-2-4-14(19)5-3-13/h2-5,8-9,11H,6-7,10H2,1H3,(H,24,28). The molecule has 0 saturated heterocycles. The molecule has 28 heavy (non-hydrogen) atoms. The number of hydrogen-bond donors (Lipinski definition) is 1. The molecule has 3 aromatic rings.